The highest BCUT2D eigenvalue weighted by atomic mass is 35.5. The zero-order valence-corrected chi connectivity index (χ0v) is 8.35. The Morgan fingerprint density at radius 1 is 1.47 bits per heavy atom. The van der Waals surface area contributed by atoms with Crippen molar-refractivity contribution < 1.29 is 20.1 Å². The highest BCUT2D eigenvalue weighted by Crippen LogP contribution is 2.28. The van der Waals surface area contributed by atoms with Crippen LogP contribution in [0.2, 0.25) is 5.02 Å². The fourth-order valence-corrected chi connectivity index (χ4v) is 1.27. The summed E-state index contributed by atoms with van der Waals surface area (Å²) in [7, 11) is 0. The lowest BCUT2D eigenvalue weighted by Gasteiger charge is -2.16. The molecule has 0 heterocycles. The highest BCUT2D eigenvalue weighted by molar-refractivity contribution is 6.30. The van der Waals surface area contributed by atoms with Crippen LogP contribution in [0, 0.1) is 0 Å². The van der Waals surface area contributed by atoms with Crippen molar-refractivity contribution in [1.29, 1.82) is 0 Å². The summed E-state index contributed by atoms with van der Waals surface area (Å²) in [6.07, 6.45) is -1.50. The molecule has 0 aliphatic rings. The van der Waals surface area contributed by atoms with Crippen LogP contribution in [0.5, 0.6) is 5.75 Å². The number of carboxylic acid groups (broad SMARTS) is 1. The van der Waals surface area contributed by atoms with E-state index in [1.165, 1.54) is 18.2 Å². The number of phenolic OH excluding ortho intramolecular Hbond substituents is 1. The van der Waals surface area contributed by atoms with Gasteiger partial charge >= 0.3 is 5.97 Å². The topological polar surface area (TPSA) is 104 Å². The smallest absolute Gasteiger partial charge is 0.323 e. The van der Waals surface area contributed by atoms with Gasteiger partial charge in [0.15, 0.2) is 0 Å². The first-order valence-corrected chi connectivity index (χ1v) is 4.46. The lowest BCUT2D eigenvalue weighted by atomic mass is 10.0. The zero-order chi connectivity index (χ0) is 11.6. The van der Waals surface area contributed by atoms with Crippen LogP contribution in [-0.2, 0) is 4.79 Å². The molecule has 5 nitrogen and oxygen atoms in total. The van der Waals surface area contributed by atoms with Gasteiger partial charge in [0.25, 0.3) is 0 Å². The van der Waals surface area contributed by atoms with E-state index in [1.807, 2.05) is 0 Å². The van der Waals surface area contributed by atoms with E-state index in [0.29, 0.717) is 0 Å². The average Bonchev–Trinajstić information content (AvgIpc) is 2.19. The zero-order valence-electron chi connectivity index (χ0n) is 7.59. The molecule has 0 fully saturated rings. The van der Waals surface area contributed by atoms with Gasteiger partial charge in [0.2, 0.25) is 0 Å². The Labute approximate surface area is 90.7 Å². The quantitative estimate of drug-likeness (QED) is 0.606. The van der Waals surface area contributed by atoms with Crippen LogP contribution in [-0.4, -0.2) is 27.3 Å². The molecule has 0 aliphatic carbocycles. The Morgan fingerprint density at radius 3 is 2.60 bits per heavy atom. The summed E-state index contributed by atoms with van der Waals surface area (Å²) in [4.78, 5) is 10.5. The van der Waals surface area contributed by atoms with Crippen LogP contribution in [0.3, 0.4) is 0 Å². The van der Waals surface area contributed by atoms with Crippen molar-refractivity contribution in [3.8, 4) is 5.75 Å². The summed E-state index contributed by atoms with van der Waals surface area (Å²) < 4.78 is 0. The summed E-state index contributed by atoms with van der Waals surface area (Å²) in [5.74, 6) is -1.61. The molecule has 0 aromatic heterocycles. The predicted octanol–water partition coefficient (Wildman–Crippen LogP) is 0.491. The van der Waals surface area contributed by atoms with Gasteiger partial charge in [-0.2, -0.15) is 0 Å². The Kier molecular flexibility index (Phi) is 3.52. The maximum atomic E-state index is 10.5. The number of phenols is 1. The molecule has 1 rings (SSSR count). The Bertz CT molecular complexity index is 382. The monoisotopic (exact) mass is 231 g/mol. The maximum absolute atomic E-state index is 10.5. The standard InChI is InChI=1S/C9H10ClNO4/c10-4-1-2-6(12)5(3-4)8(13)7(11)9(14)15/h1-3,7-8,12-13H,11H2,(H,14,15). The van der Waals surface area contributed by atoms with Crippen LogP contribution < -0.4 is 5.73 Å². The molecule has 0 radical (unpaired) electrons. The van der Waals surface area contributed by atoms with E-state index in [9.17, 15) is 15.0 Å². The highest BCUT2D eigenvalue weighted by Gasteiger charge is 2.25. The largest absolute Gasteiger partial charge is 0.508 e. The van der Waals surface area contributed by atoms with Gasteiger partial charge in [-0.1, -0.05) is 11.6 Å². The number of benzene rings is 1. The van der Waals surface area contributed by atoms with Gasteiger partial charge in [0.1, 0.15) is 17.9 Å². The maximum Gasteiger partial charge on any atom is 0.323 e. The van der Waals surface area contributed by atoms with Crippen molar-refractivity contribution in [3.05, 3.63) is 28.8 Å². The molecule has 0 saturated carbocycles. The molecule has 0 amide bonds. The molecule has 15 heavy (non-hydrogen) atoms. The molecule has 1 aromatic rings. The van der Waals surface area contributed by atoms with Gasteiger partial charge in [0, 0.05) is 10.6 Å². The third-order valence-electron chi connectivity index (χ3n) is 1.93. The average molecular weight is 232 g/mol. The van der Waals surface area contributed by atoms with Crippen molar-refractivity contribution in [2.75, 3.05) is 0 Å². The lowest BCUT2D eigenvalue weighted by molar-refractivity contribution is -0.141. The van der Waals surface area contributed by atoms with Gasteiger partial charge in [-0.25, -0.2) is 0 Å². The van der Waals surface area contributed by atoms with Gasteiger partial charge in [-0.3, -0.25) is 4.79 Å². The van der Waals surface area contributed by atoms with Crippen molar-refractivity contribution in [1.82, 2.24) is 0 Å². The normalized spacial score (nSPS) is 14.6. The Hall–Kier alpha value is -1.30. The fraction of sp³-hybridized carbons (Fsp3) is 0.222. The second-order valence-electron chi connectivity index (χ2n) is 3.01. The molecular weight excluding hydrogens is 222 g/mol. The molecule has 82 valence electrons. The minimum Gasteiger partial charge on any atom is -0.508 e. The van der Waals surface area contributed by atoms with E-state index in [2.05, 4.69) is 0 Å². The number of halogens is 1. The SMILES string of the molecule is NC(C(=O)O)C(O)c1cc(Cl)ccc1O. The van der Waals surface area contributed by atoms with Crippen LogP contribution in [0.15, 0.2) is 18.2 Å². The fourth-order valence-electron chi connectivity index (χ4n) is 1.09. The summed E-state index contributed by atoms with van der Waals surface area (Å²) >= 11 is 5.63. The molecule has 1 aromatic carbocycles. The van der Waals surface area contributed by atoms with Crippen molar-refractivity contribution in [2.45, 2.75) is 12.1 Å². The number of hydrogen-bond acceptors (Lipinski definition) is 4. The molecule has 0 aliphatic heterocycles. The molecular formula is C9H10ClNO4. The number of hydrogen-bond donors (Lipinski definition) is 4. The number of rotatable bonds is 3. The van der Waals surface area contributed by atoms with E-state index in [4.69, 9.17) is 22.4 Å². The first kappa shape index (κ1) is 11.8. The van der Waals surface area contributed by atoms with Crippen LogP contribution in [0.1, 0.15) is 11.7 Å². The molecule has 0 spiro atoms. The number of carbonyl (C=O) groups is 1. The van der Waals surface area contributed by atoms with Gasteiger partial charge in [0.05, 0.1) is 0 Å². The molecule has 2 atom stereocenters. The number of nitrogens with two attached hydrogens (primary N) is 1. The first-order valence-electron chi connectivity index (χ1n) is 4.08. The first-order chi connectivity index (χ1) is 6.93. The minimum absolute atomic E-state index is 0.00241. The third-order valence-corrected chi connectivity index (χ3v) is 2.17. The second-order valence-corrected chi connectivity index (χ2v) is 3.45. The van der Waals surface area contributed by atoms with Gasteiger partial charge in [-0.15, -0.1) is 0 Å². The number of aliphatic hydroxyl groups is 1. The summed E-state index contributed by atoms with van der Waals surface area (Å²) in [6.45, 7) is 0. The Balaban J connectivity index is 3.04. The van der Waals surface area contributed by atoms with Gasteiger partial charge in [-0.05, 0) is 18.2 Å². The third kappa shape index (κ3) is 2.59. The van der Waals surface area contributed by atoms with E-state index in [1.54, 1.807) is 0 Å². The van der Waals surface area contributed by atoms with Crippen LogP contribution >= 0.6 is 11.6 Å². The molecule has 2 unspecified atom stereocenters. The predicted molar refractivity (Wildman–Crippen MR) is 53.7 cm³/mol. The molecule has 5 N–H and O–H groups in total. The number of carboxylic acids is 1. The molecule has 0 bridgehead atoms. The van der Waals surface area contributed by atoms with E-state index >= 15 is 0 Å². The summed E-state index contributed by atoms with van der Waals surface area (Å²) in [5.41, 5.74) is 5.20. The summed E-state index contributed by atoms with van der Waals surface area (Å²) in [5, 5.41) is 27.8. The molecule has 0 saturated heterocycles. The number of aliphatic carboxylic acids is 1. The van der Waals surface area contributed by atoms with E-state index in [0.717, 1.165) is 0 Å². The number of aromatic hydroxyl groups is 1. The Morgan fingerprint density at radius 2 is 2.07 bits per heavy atom. The van der Waals surface area contributed by atoms with Crippen molar-refractivity contribution >= 4 is 17.6 Å². The second kappa shape index (κ2) is 4.48. The lowest BCUT2D eigenvalue weighted by Crippen LogP contribution is -2.36. The van der Waals surface area contributed by atoms with Gasteiger partial charge < -0.3 is 21.1 Å². The van der Waals surface area contributed by atoms with Crippen molar-refractivity contribution in [3.63, 3.8) is 0 Å². The van der Waals surface area contributed by atoms with Crippen LogP contribution in [0.4, 0.5) is 0 Å². The molecule has 6 heteroatoms. The van der Waals surface area contributed by atoms with Crippen LogP contribution in [0.25, 0.3) is 0 Å². The summed E-state index contributed by atoms with van der Waals surface area (Å²) in [6, 6.07) is 2.44. The van der Waals surface area contributed by atoms with E-state index in [-0.39, 0.29) is 16.3 Å². The van der Waals surface area contributed by atoms with E-state index < -0.39 is 18.1 Å². The van der Waals surface area contributed by atoms with Crippen molar-refractivity contribution in [2.24, 2.45) is 5.73 Å². The number of aliphatic hydroxyl groups excluding tert-OH is 1. The minimum atomic E-state index is -1.51.